The highest BCUT2D eigenvalue weighted by Crippen LogP contribution is 2.23. The molecule has 1 atom stereocenters. The highest BCUT2D eigenvalue weighted by Gasteiger charge is 2.27. The van der Waals surface area contributed by atoms with Crippen molar-refractivity contribution in [1.29, 1.82) is 0 Å². The number of likely N-dealkylation sites (N-methyl/N-ethyl adjacent to an activating group) is 1. The molecule has 0 radical (unpaired) electrons. The highest BCUT2D eigenvalue weighted by molar-refractivity contribution is 6.42. The van der Waals surface area contributed by atoms with E-state index in [1.807, 2.05) is 18.9 Å². The Morgan fingerprint density at radius 1 is 1.30 bits per heavy atom. The van der Waals surface area contributed by atoms with Gasteiger partial charge in [-0.3, -0.25) is 14.5 Å². The van der Waals surface area contributed by atoms with Gasteiger partial charge in [-0.05, 0) is 37.7 Å². The predicted octanol–water partition coefficient (Wildman–Crippen LogP) is 2.34. The van der Waals surface area contributed by atoms with Gasteiger partial charge in [0, 0.05) is 38.7 Å². The third-order valence-corrected chi connectivity index (χ3v) is 5.48. The largest absolute Gasteiger partial charge is 0.395 e. The molecule has 0 saturated carbocycles. The minimum atomic E-state index is -0.146. The minimum Gasteiger partial charge on any atom is -0.395 e. The van der Waals surface area contributed by atoms with Gasteiger partial charge in [0.15, 0.2) is 0 Å². The van der Waals surface area contributed by atoms with Gasteiger partial charge >= 0.3 is 0 Å². The summed E-state index contributed by atoms with van der Waals surface area (Å²) in [5.74, 6) is -0.136. The second-order valence-corrected chi connectivity index (χ2v) is 7.32. The van der Waals surface area contributed by atoms with Gasteiger partial charge in [-0.1, -0.05) is 29.3 Å². The smallest absolute Gasteiger partial charge is 0.246 e. The van der Waals surface area contributed by atoms with Crippen LogP contribution >= 0.6 is 23.2 Å². The van der Waals surface area contributed by atoms with Crippen molar-refractivity contribution in [3.05, 3.63) is 39.9 Å². The molecule has 2 rings (SSSR count). The SMILES string of the molecule is CC(N(C)CCO)N1CCN(C(=O)/C=C/c2ccc(Cl)c(Cl)c2)CCC1=O. The molecule has 0 aromatic heterocycles. The van der Waals surface area contributed by atoms with E-state index in [9.17, 15) is 9.59 Å². The average molecular weight is 414 g/mol. The molecule has 2 amide bonds. The first-order chi connectivity index (χ1) is 12.8. The Labute approximate surface area is 169 Å². The van der Waals surface area contributed by atoms with Crippen molar-refractivity contribution in [2.75, 3.05) is 39.8 Å². The van der Waals surface area contributed by atoms with Gasteiger partial charge in [-0.2, -0.15) is 0 Å². The van der Waals surface area contributed by atoms with E-state index >= 15 is 0 Å². The van der Waals surface area contributed by atoms with Gasteiger partial charge < -0.3 is 14.9 Å². The van der Waals surface area contributed by atoms with Crippen molar-refractivity contribution >= 4 is 41.1 Å². The van der Waals surface area contributed by atoms with Gasteiger partial charge in [0.05, 0.1) is 22.8 Å². The van der Waals surface area contributed by atoms with Gasteiger partial charge in [-0.25, -0.2) is 0 Å². The molecule has 0 bridgehead atoms. The molecule has 1 fully saturated rings. The van der Waals surface area contributed by atoms with Gasteiger partial charge in [0.25, 0.3) is 0 Å². The van der Waals surface area contributed by atoms with Crippen molar-refractivity contribution in [2.24, 2.45) is 0 Å². The maximum absolute atomic E-state index is 12.5. The molecular formula is C19H25Cl2N3O3. The number of benzene rings is 1. The quantitative estimate of drug-likeness (QED) is 0.726. The third kappa shape index (κ3) is 5.94. The average Bonchev–Trinajstić information content (AvgIpc) is 2.84. The van der Waals surface area contributed by atoms with Crippen LogP contribution < -0.4 is 0 Å². The van der Waals surface area contributed by atoms with E-state index in [1.54, 1.807) is 34.1 Å². The van der Waals surface area contributed by atoms with Crippen LogP contribution in [0.15, 0.2) is 24.3 Å². The molecule has 1 aliphatic rings. The molecule has 8 heteroatoms. The first-order valence-corrected chi connectivity index (χ1v) is 9.61. The molecule has 148 valence electrons. The molecule has 1 N–H and O–H groups in total. The fourth-order valence-corrected chi connectivity index (χ4v) is 3.23. The van der Waals surface area contributed by atoms with Crippen LogP contribution in [0, 0.1) is 0 Å². The van der Waals surface area contributed by atoms with Crippen LogP contribution in [0.4, 0.5) is 0 Å². The van der Waals surface area contributed by atoms with E-state index in [2.05, 4.69) is 0 Å². The van der Waals surface area contributed by atoms with Crippen molar-refractivity contribution in [1.82, 2.24) is 14.7 Å². The monoisotopic (exact) mass is 413 g/mol. The zero-order chi connectivity index (χ0) is 20.0. The molecule has 1 aromatic carbocycles. The summed E-state index contributed by atoms with van der Waals surface area (Å²) in [5, 5.41) is 9.98. The molecule has 0 aliphatic carbocycles. The second kappa shape index (κ2) is 10.1. The lowest BCUT2D eigenvalue weighted by Crippen LogP contribution is -2.49. The Hall–Kier alpha value is -1.60. The van der Waals surface area contributed by atoms with Crippen LogP contribution in [-0.2, 0) is 9.59 Å². The van der Waals surface area contributed by atoms with Gasteiger partial charge in [-0.15, -0.1) is 0 Å². The summed E-state index contributed by atoms with van der Waals surface area (Å²) in [6, 6.07) is 5.16. The Kier molecular flexibility index (Phi) is 8.10. The lowest BCUT2D eigenvalue weighted by molar-refractivity contribution is -0.135. The highest BCUT2D eigenvalue weighted by atomic mass is 35.5. The molecule has 6 nitrogen and oxygen atoms in total. The van der Waals surface area contributed by atoms with E-state index < -0.39 is 0 Å². The number of aliphatic hydroxyl groups excluding tert-OH is 1. The molecule has 27 heavy (non-hydrogen) atoms. The lowest BCUT2D eigenvalue weighted by atomic mass is 10.2. The number of nitrogens with zero attached hydrogens (tertiary/aromatic N) is 3. The Morgan fingerprint density at radius 2 is 2.04 bits per heavy atom. The zero-order valence-corrected chi connectivity index (χ0v) is 17.1. The van der Waals surface area contributed by atoms with Crippen LogP contribution in [0.5, 0.6) is 0 Å². The number of aliphatic hydroxyl groups is 1. The topological polar surface area (TPSA) is 64.1 Å². The number of amides is 2. The summed E-state index contributed by atoms with van der Waals surface area (Å²) < 4.78 is 0. The van der Waals surface area contributed by atoms with Crippen molar-refractivity contribution in [2.45, 2.75) is 19.5 Å². The summed E-state index contributed by atoms with van der Waals surface area (Å²) in [7, 11) is 1.86. The van der Waals surface area contributed by atoms with Crippen LogP contribution in [0.2, 0.25) is 10.0 Å². The fourth-order valence-electron chi connectivity index (χ4n) is 2.93. The van der Waals surface area contributed by atoms with E-state index in [1.165, 1.54) is 6.08 Å². The summed E-state index contributed by atoms with van der Waals surface area (Å²) in [4.78, 5) is 30.3. The fraction of sp³-hybridized carbons (Fsp3) is 0.474. The number of hydrogen-bond acceptors (Lipinski definition) is 4. The summed E-state index contributed by atoms with van der Waals surface area (Å²) >= 11 is 11.9. The standard InChI is InChI=1S/C19H25Cl2N3O3/c1-14(22(2)11-12-25)24-10-9-23(8-7-19(24)27)18(26)6-4-15-3-5-16(20)17(21)13-15/h3-6,13-14,25H,7-12H2,1-2H3/b6-4+. The number of rotatable bonds is 6. The summed E-state index contributed by atoms with van der Waals surface area (Å²) in [6.45, 7) is 3.76. The number of halogens is 2. The lowest BCUT2D eigenvalue weighted by Gasteiger charge is -2.34. The zero-order valence-electron chi connectivity index (χ0n) is 15.6. The second-order valence-electron chi connectivity index (χ2n) is 6.51. The first-order valence-electron chi connectivity index (χ1n) is 8.86. The molecule has 1 heterocycles. The Morgan fingerprint density at radius 3 is 2.70 bits per heavy atom. The van der Waals surface area contributed by atoms with Crippen molar-refractivity contribution < 1.29 is 14.7 Å². The number of hydrogen-bond donors (Lipinski definition) is 1. The molecule has 1 saturated heterocycles. The maximum Gasteiger partial charge on any atom is 0.246 e. The Bertz CT molecular complexity index is 711. The van der Waals surface area contributed by atoms with E-state index in [0.717, 1.165) is 5.56 Å². The summed E-state index contributed by atoms with van der Waals surface area (Å²) in [6.07, 6.45) is 3.32. The van der Waals surface area contributed by atoms with E-state index in [-0.39, 0.29) is 31.0 Å². The predicted molar refractivity (Wildman–Crippen MR) is 108 cm³/mol. The summed E-state index contributed by atoms with van der Waals surface area (Å²) in [5.41, 5.74) is 0.782. The Balaban J connectivity index is 1.99. The van der Waals surface area contributed by atoms with E-state index in [0.29, 0.717) is 36.2 Å². The molecule has 1 aliphatic heterocycles. The van der Waals surface area contributed by atoms with Crippen LogP contribution in [0.3, 0.4) is 0 Å². The molecule has 1 unspecified atom stereocenters. The van der Waals surface area contributed by atoms with Crippen LogP contribution in [0.1, 0.15) is 18.9 Å². The number of carbonyl (C=O) groups excluding carboxylic acids is 2. The maximum atomic E-state index is 12.5. The van der Waals surface area contributed by atoms with E-state index in [4.69, 9.17) is 28.3 Å². The van der Waals surface area contributed by atoms with Crippen LogP contribution in [0.25, 0.3) is 6.08 Å². The first kappa shape index (κ1) is 21.7. The van der Waals surface area contributed by atoms with Gasteiger partial charge in [0.2, 0.25) is 11.8 Å². The molecule has 1 aromatic rings. The van der Waals surface area contributed by atoms with Gasteiger partial charge in [0.1, 0.15) is 0 Å². The van der Waals surface area contributed by atoms with Crippen molar-refractivity contribution in [3.8, 4) is 0 Å². The van der Waals surface area contributed by atoms with Crippen LogP contribution in [-0.4, -0.2) is 77.6 Å². The molecule has 0 spiro atoms. The number of carbonyl (C=O) groups is 2. The van der Waals surface area contributed by atoms with Crippen molar-refractivity contribution in [3.63, 3.8) is 0 Å². The normalized spacial score (nSPS) is 16.9. The third-order valence-electron chi connectivity index (χ3n) is 4.74. The minimum absolute atomic E-state index is 0.0102. The molecular weight excluding hydrogens is 389 g/mol.